The van der Waals surface area contributed by atoms with Crippen LogP contribution in [-0.2, 0) is 16.1 Å². The number of fused-ring (bicyclic) bond motifs is 1. The minimum Gasteiger partial charge on any atom is -0.479 e. The first kappa shape index (κ1) is 14.2. The van der Waals surface area contributed by atoms with Gasteiger partial charge in [0.25, 0.3) is 5.91 Å². The third-order valence-electron chi connectivity index (χ3n) is 3.08. The van der Waals surface area contributed by atoms with Gasteiger partial charge in [0, 0.05) is 13.6 Å². The largest absolute Gasteiger partial charge is 0.479 e. The van der Waals surface area contributed by atoms with Crippen LogP contribution in [0, 0.1) is 0 Å². The molecule has 0 saturated heterocycles. The number of likely N-dealkylation sites (N-methyl/N-ethyl adjacent to an activating group) is 1. The Morgan fingerprint density at radius 3 is 2.95 bits per heavy atom. The van der Waals surface area contributed by atoms with Gasteiger partial charge in [-0.3, -0.25) is 4.79 Å². The SMILES string of the molecule is CCOC(=O)NCc1ccc2c(c1)N(C)C(=O)C(C)O2. The number of hydrogen-bond donors (Lipinski definition) is 1. The number of anilines is 1. The molecular formula is C14H18N2O4. The highest BCUT2D eigenvalue weighted by molar-refractivity contribution is 5.99. The molecule has 0 saturated carbocycles. The predicted octanol–water partition coefficient (Wildman–Crippen LogP) is 1.68. The number of alkyl carbamates (subject to hydrolysis) is 1. The van der Waals surface area contributed by atoms with E-state index in [9.17, 15) is 9.59 Å². The lowest BCUT2D eigenvalue weighted by Crippen LogP contribution is -2.42. The van der Waals surface area contributed by atoms with Crippen molar-refractivity contribution in [3.63, 3.8) is 0 Å². The zero-order chi connectivity index (χ0) is 14.7. The normalized spacial score (nSPS) is 17.2. The van der Waals surface area contributed by atoms with Gasteiger partial charge < -0.3 is 19.7 Å². The molecule has 108 valence electrons. The second-order valence-corrected chi connectivity index (χ2v) is 4.53. The van der Waals surface area contributed by atoms with Crippen molar-refractivity contribution >= 4 is 17.7 Å². The summed E-state index contributed by atoms with van der Waals surface area (Å²) < 4.78 is 10.3. The van der Waals surface area contributed by atoms with Gasteiger partial charge in [-0.2, -0.15) is 0 Å². The molecule has 0 aliphatic carbocycles. The summed E-state index contributed by atoms with van der Waals surface area (Å²) in [6, 6.07) is 5.48. The average Bonchev–Trinajstić information content (AvgIpc) is 2.43. The number of amides is 2. The van der Waals surface area contributed by atoms with Crippen molar-refractivity contribution in [2.24, 2.45) is 0 Å². The van der Waals surface area contributed by atoms with Crippen molar-refractivity contribution in [1.29, 1.82) is 0 Å². The van der Waals surface area contributed by atoms with Crippen molar-refractivity contribution in [2.75, 3.05) is 18.6 Å². The highest BCUT2D eigenvalue weighted by atomic mass is 16.5. The van der Waals surface area contributed by atoms with Gasteiger partial charge in [0.2, 0.25) is 0 Å². The summed E-state index contributed by atoms with van der Waals surface area (Å²) in [5.74, 6) is 0.576. The summed E-state index contributed by atoms with van der Waals surface area (Å²) >= 11 is 0. The van der Waals surface area contributed by atoms with Crippen molar-refractivity contribution in [1.82, 2.24) is 5.32 Å². The van der Waals surface area contributed by atoms with Crippen LogP contribution in [0.5, 0.6) is 5.75 Å². The van der Waals surface area contributed by atoms with E-state index in [2.05, 4.69) is 5.32 Å². The van der Waals surface area contributed by atoms with Gasteiger partial charge in [-0.1, -0.05) is 6.07 Å². The Bertz CT molecular complexity index is 530. The van der Waals surface area contributed by atoms with Gasteiger partial charge in [-0.25, -0.2) is 4.79 Å². The number of carbonyl (C=O) groups excluding carboxylic acids is 2. The molecule has 0 spiro atoms. The summed E-state index contributed by atoms with van der Waals surface area (Å²) in [5.41, 5.74) is 1.57. The number of nitrogens with one attached hydrogen (secondary N) is 1. The summed E-state index contributed by atoms with van der Waals surface area (Å²) in [6.45, 7) is 4.14. The van der Waals surface area contributed by atoms with Crippen LogP contribution in [0.1, 0.15) is 19.4 Å². The number of benzene rings is 1. The maximum atomic E-state index is 11.9. The Labute approximate surface area is 117 Å². The van der Waals surface area contributed by atoms with Crippen LogP contribution >= 0.6 is 0 Å². The molecule has 20 heavy (non-hydrogen) atoms. The standard InChI is InChI=1S/C14H18N2O4/c1-4-19-14(18)15-8-10-5-6-12-11(7-10)16(3)13(17)9(2)20-12/h5-7,9H,4,8H2,1-3H3,(H,15,18). The maximum Gasteiger partial charge on any atom is 0.407 e. The fourth-order valence-corrected chi connectivity index (χ4v) is 2.02. The van der Waals surface area contributed by atoms with E-state index in [4.69, 9.17) is 9.47 Å². The summed E-state index contributed by atoms with van der Waals surface area (Å²) in [4.78, 5) is 24.7. The summed E-state index contributed by atoms with van der Waals surface area (Å²) in [5, 5.41) is 2.64. The van der Waals surface area contributed by atoms with E-state index in [1.54, 1.807) is 31.9 Å². The molecule has 1 N–H and O–H groups in total. The van der Waals surface area contributed by atoms with Crippen LogP contribution in [0.25, 0.3) is 0 Å². The first-order valence-electron chi connectivity index (χ1n) is 6.50. The second kappa shape index (κ2) is 5.81. The number of ether oxygens (including phenoxy) is 2. The molecule has 0 radical (unpaired) electrons. The van der Waals surface area contributed by atoms with E-state index in [0.717, 1.165) is 5.56 Å². The van der Waals surface area contributed by atoms with Gasteiger partial charge in [0.15, 0.2) is 6.10 Å². The zero-order valence-electron chi connectivity index (χ0n) is 11.8. The lowest BCUT2D eigenvalue weighted by molar-refractivity contribution is -0.125. The van der Waals surface area contributed by atoms with E-state index in [0.29, 0.717) is 24.6 Å². The summed E-state index contributed by atoms with van der Waals surface area (Å²) in [6.07, 6.45) is -0.935. The average molecular weight is 278 g/mol. The lowest BCUT2D eigenvalue weighted by Gasteiger charge is -2.30. The highest BCUT2D eigenvalue weighted by Gasteiger charge is 2.28. The first-order valence-corrected chi connectivity index (χ1v) is 6.50. The van der Waals surface area contributed by atoms with E-state index in [1.807, 2.05) is 12.1 Å². The lowest BCUT2D eigenvalue weighted by atomic mass is 10.1. The van der Waals surface area contributed by atoms with Gasteiger partial charge >= 0.3 is 6.09 Å². The van der Waals surface area contributed by atoms with E-state index in [-0.39, 0.29) is 5.91 Å². The summed E-state index contributed by atoms with van der Waals surface area (Å²) in [7, 11) is 1.71. The molecule has 1 atom stereocenters. The van der Waals surface area contributed by atoms with Crippen LogP contribution in [-0.4, -0.2) is 31.8 Å². The molecule has 2 rings (SSSR count). The molecule has 6 nitrogen and oxygen atoms in total. The van der Waals surface area contributed by atoms with E-state index in [1.165, 1.54) is 0 Å². The quantitative estimate of drug-likeness (QED) is 0.913. The van der Waals surface area contributed by atoms with Crippen LogP contribution < -0.4 is 15.0 Å². The van der Waals surface area contributed by atoms with Crippen LogP contribution in [0.3, 0.4) is 0 Å². The predicted molar refractivity (Wildman–Crippen MR) is 73.8 cm³/mol. The highest BCUT2D eigenvalue weighted by Crippen LogP contribution is 2.33. The van der Waals surface area contributed by atoms with Gasteiger partial charge in [-0.15, -0.1) is 0 Å². The van der Waals surface area contributed by atoms with Gasteiger partial charge in [0.1, 0.15) is 5.75 Å². The second-order valence-electron chi connectivity index (χ2n) is 4.53. The molecular weight excluding hydrogens is 260 g/mol. The Morgan fingerprint density at radius 1 is 1.50 bits per heavy atom. The third-order valence-corrected chi connectivity index (χ3v) is 3.08. The molecule has 1 aliphatic rings. The Hall–Kier alpha value is -2.24. The number of rotatable bonds is 3. The van der Waals surface area contributed by atoms with E-state index >= 15 is 0 Å². The molecule has 2 amide bonds. The number of hydrogen-bond acceptors (Lipinski definition) is 4. The molecule has 1 heterocycles. The molecule has 1 unspecified atom stereocenters. The maximum absolute atomic E-state index is 11.9. The Morgan fingerprint density at radius 2 is 2.25 bits per heavy atom. The van der Waals surface area contributed by atoms with Crippen LogP contribution in [0.4, 0.5) is 10.5 Å². The van der Waals surface area contributed by atoms with Gasteiger partial charge in [-0.05, 0) is 31.5 Å². The zero-order valence-corrected chi connectivity index (χ0v) is 11.8. The van der Waals surface area contributed by atoms with Gasteiger partial charge in [0.05, 0.1) is 12.3 Å². The Balaban J connectivity index is 2.11. The molecule has 6 heteroatoms. The fourth-order valence-electron chi connectivity index (χ4n) is 2.02. The fraction of sp³-hybridized carbons (Fsp3) is 0.429. The molecule has 0 aromatic heterocycles. The molecule has 0 bridgehead atoms. The molecule has 1 aliphatic heterocycles. The Kier molecular flexibility index (Phi) is 4.12. The number of nitrogens with zero attached hydrogens (tertiary/aromatic N) is 1. The molecule has 0 fully saturated rings. The minimum absolute atomic E-state index is 0.0898. The smallest absolute Gasteiger partial charge is 0.407 e. The monoisotopic (exact) mass is 278 g/mol. The third kappa shape index (κ3) is 2.84. The van der Waals surface area contributed by atoms with Crippen molar-refractivity contribution in [3.05, 3.63) is 23.8 Å². The van der Waals surface area contributed by atoms with Crippen molar-refractivity contribution < 1.29 is 19.1 Å². The first-order chi connectivity index (χ1) is 9.52. The minimum atomic E-state index is -0.476. The molecule has 1 aromatic carbocycles. The van der Waals surface area contributed by atoms with Crippen molar-refractivity contribution in [3.8, 4) is 5.75 Å². The topological polar surface area (TPSA) is 67.9 Å². The van der Waals surface area contributed by atoms with Crippen LogP contribution in [0.2, 0.25) is 0 Å². The number of carbonyl (C=O) groups is 2. The van der Waals surface area contributed by atoms with E-state index < -0.39 is 12.2 Å². The molecule has 1 aromatic rings. The van der Waals surface area contributed by atoms with Crippen LogP contribution in [0.15, 0.2) is 18.2 Å². The van der Waals surface area contributed by atoms with Crippen molar-refractivity contribution in [2.45, 2.75) is 26.5 Å².